The van der Waals surface area contributed by atoms with Gasteiger partial charge in [-0.15, -0.1) is 0 Å². The van der Waals surface area contributed by atoms with Crippen molar-refractivity contribution in [2.24, 2.45) is 0 Å². The molecule has 1 aromatic heterocycles. The average molecular weight is 400 g/mol. The number of aromatic nitrogens is 1. The minimum atomic E-state index is -0.907. The van der Waals surface area contributed by atoms with Gasteiger partial charge in [-0.2, -0.15) is 0 Å². The van der Waals surface area contributed by atoms with Crippen molar-refractivity contribution in [2.75, 3.05) is 19.1 Å². The summed E-state index contributed by atoms with van der Waals surface area (Å²) >= 11 is 12.0. The highest BCUT2D eigenvalue weighted by Crippen LogP contribution is 2.37. The monoisotopic (exact) mass is 399 g/mol. The summed E-state index contributed by atoms with van der Waals surface area (Å²) in [6, 6.07) is 5.69. The standard InChI is InChI=1S/C16H15Cl2N3O5/c1-9(16(22)25-3)26-11-4-5-13(14(7-11)21(23)24)20(2)15-12(18)6-10(17)8-19-15/h4-9H,1-3H3. The Bertz CT molecular complexity index is 847. The quantitative estimate of drug-likeness (QED) is 0.411. The molecule has 0 saturated carbocycles. The van der Waals surface area contributed by atoms with Crippen LogP contribution in [-0.4, -0.2) is 36.1 Å². The molecule has 26 heavy (non-hydrogen) atoms. The third kappa shape index (κ3) is 4.33. The van der Waals surface area contributed by atoms with Crippen molar-refractivity contribution in [3.63, 3.8) is 0 Å². The van der Waals surface area contributed by atoms with E-state index < -0.39 is 17.0 Å². The molecule has 0 fully saturated rings. The molecule has 0 bridgehead atoms. The molecule has 0 aliphatic carbocycles. The molecule has 2 rings (SSSR count). The van der Waals surface area contributed by atoms with Crippen LogP contribution < -0.4 is 9.64 Å². The lowest BCUT2D eigenvalue weighted by Crippen LogP contribution is -2.25. The predicted octanol–water partition coefficient (Wildman–Crippen LogP) is 4.00. The van der Waals surface area contributed by atoms with Crippen molar-refractivity contribution < 1.29 is 19.2 Å². The number of ether oxygens (including phenoxy) is 2. The van der Waals surface area contributed by atoms with Crippen LogP contribution in [0.15, 0.2) is 30.5 Å². The second-order valence-electron chi connectivity index (χ2n) is 5.21. The van der Waals surface area contributed by atoms with E-state index in [-0.39, 0.29) is 22.1 Å². The van der Waals surface area contributed by atoms with E-state index in [1.165, 1.54) is 49.4 Å². The lowest BCUT2D eigenvalue weighted by molar-refractivity contribution is -0.384. The Labute approximate surface area is 159 Å². The molecule has 0 aliphatic heterocycles. The Balaban J connectivity index is 2.39. The molecular formula is C16H15Cl2N3O5. The van der Waals surface area contributed by atoms with Gasteiger partial charge in [-0.3, -0.25) is 10.1 Å². The lowest BCUT2D eigenvalue weighted by Gasteiger charge is -2.20. The number of methoxy groups -OCH3 is 1. The van der Waals surface area contributed by atoms with Crippen molar-refractivity contribution in [3.8, 4) is 5.75 Å². The molecule has 1 unspecified atom stereocenters. The van der Waals surface area contributed by atoms with Gasteiger partial charge in [-0.25, -0.2) is 9.78 Å². The van der Waals surface area contributed by atoms with Gasteiger partial charge in [0.1, 0.15) is 11.4 Å². The number of rotatable bonds is 6. The fraction of sp³-hybridized carbons (Fsp3) is 0.250. The van der Waals surface area contributed by atoms with Crippen LogP contribution in [0.4, 0.5) is 17.2 Å². The number of benzene rings is 1. The van der Waals surface area contributed by atoms with Gasteiger partial charge >= 0.3 is 5.97 Å². The summed E-state index contributed by atoms with van der Waals surface area (Å²) in [5, 5.41) is 12.1. The molecule has 0 spiro atoms. The maximum Gasteiger partial charge on any atom is 0.346 e. The number of nitro groups is 1. The van der Waals surface area contributed by atoms with Gasteiger partial charge in [0.25, 0.3) is 5.69 Å². The molecule has 1 heterocycles. The number of hydrogen-bond acceptors (Lipinski definition) is 7. The van der Waals surface area contributed by atoms with Crippen LogP contribution in [0.3, 0.4) is 0 Å². The average Bonchev–Trinajstić information content (AvgIpc) is 2.60. The van der Waals surface area contributed by atoms with Crippen LogP contribution in [0, 0.1) is 10.1 Å². The van der Waals surface area contributed by atoms with Crippen LogP contribution in [0.1, 0.15) is 6.92 Å². The van der Waals surface area contributed by atoms with E-state index >= 15 is 0 Å². The number of halogens is 2. The van der Waals surface area contributed by atoms with E-state index in [2.05, 4.69) is 9.72 Å². The zero-order chi connectivity index (χ0) is 19.4. The van der Waals surface area contributed by atoms with Crippen LogP contribution in [0.2, 0.25) is 10.0 Å². The largest absolute Gasteiger partial charge is 0.479 e. The molecule has 0 radical (unpaired) electrons. The molecule has 138 valence electrons. The highest BCUT2D eigenvalue weighted by atomic mass is 35.5. The maximum absolute atomic E-state index is 11.5. The van der Waals surface area contributed by atoms with Gasteiger partial charge in [0.15, 0.2) is 11.9 Å². The number of anilines is 2. The van der Waals surface area contributed by atoms with Crippen LogP contribution in [0.25, 0.3) is 0 Å². The Morgan fingerprint density at radius 2 is 2.04 bits per heavy atom. The minimum Gasteiger partial charge on any atom is -0.479 e. The van der Waals surface area contributed by atoms with Crippen LogP contribution in [0.5, 0.6) is 5.75 Å². The Hall–Kier alpha value is -2.58. The van der Waals surface area contributed by atoms with Gasteiger partial charge in [-0.05, 0) is 25.1 Å². The van der Waals surface area contributed by atoms with Crippen LogP contribution in [-0.2, 0) is 9.53 Å². The third-order valence-corrected chi connectivity index (χ3v) is 3.94. The van der Waals surface area contributed by atoms with Gasteiger partial charge in [-0.1, -0.05) is 23.2 Å². The molecule has 0 aliphatic rings. The normalized spacial score (nSPS) is 11.6. The number of pyridine rings is 1. The Kier molecular flexibility index (Phi) is 6.23. The first kappa shape index (κ1) is 19.7. The van der Waals surface area contributed by atoms with Crippen molar-refractivity contribution in [1.29, 1.82) is 0 Å². The maximum atomic E-state index is 11.5. The highest BCUT2D eigenvalue weighted by molar-refractivity contribution is 6.36. The predicted molar refractivity (Wildman–Crippen MR) is 97.5 cm³/mol. The van der Waals surface area contributed by atoms with Crippen molar-refractivity contribution in [1.82, 2.24) is 4.98 Å². The van der Waals surface area contributed by atoms with Crippen molar-refractivity contribution in [2.45, 2.75) is 13.0 Å². The number of nitro benzene ring substituents is 1. The first-order valence-electron chi connectivity index (χ1n) is 7.32. The van der Waals surface area contributed by atoms with E-state index in [4.69, 9.17) is 27.9 Å². The Morgan fingerprint density at radius 1 is 1.35 bits per heavy atom. The fourth-order valence-electron chi connectivity index (χ4n) is 2.19. The summed E-state index contributed by atoms with van der Waals surface area (Å²) < 4.78 is 9.95. The summed E-state index contributed by atoms with van der Waals surface area (Å²) in [7, 11) is 2.81. The van der Waals surface area contributed by atoms with Crippen LogP contribution >= 0.6 is 23.2 Å². The van der Waals surface area contributed by atoms with Gasteiger partial charge in [0, 0.05) is 13.2 Å². The molecule has 2 aromatic rings. The van der Waals surface area contributed by atoms with E-state index in [0.717, 1.165) is 0 Å². The summed E-state index contributed by atoms with van der Waals surface area (Å²) in [5.41, 5.74) is -0.000300. The first-order valence-corrected chi connectivity index (χ1v) is 8.08. The zero-order valence-electron chi connectivity index (χ0n) is 14.1. The molecule has 0 saturated heterocycles. The Morgan fingerprint density at radius 3 is 2.62 bits per heavy atom. The smallest absolute Gasteiger partial charge is 0.346 e. The lowest BCUT2D eigenvalue weighted by atomic mass is 10.2. The first-order chi connectivity index (χ1) is 12.2. The van der Waals surface area contributed by atoms with E-state index in [9.17, 15) is 14.9 Å². The van der Waals surface area contributed by atoms with Crippen molar-refractivity contribution >= 4 is 46.4 Å². The molecule has 1 aromatic carbocycles. The molecular weight excluding hydrogens is 385 g/mol. The topological polar surface area (TPSA) is 94.8 Å². The number of carbonyl (C=O) groups is 1. The van der Waals surface area contributed by atoms with E-state index in [0.29, 0.717) is 10.8 Å². The number of hydrogen-bond donors (Lipinski definition) is 0. The second kappa shape index (κ2) is 8.20. The second-order valence-corrected chi connectivity index (χ2v) is 6.05. The van der Waals surface area contributed by atoms with Gasteiger partial charge in [0.05, 0.1) is 28.1 Å². The summed E-state index contributed by atoms with van der Waals surface area (Å²) in [6.45, 7) is 1.48. The molecule has 8 nitrogen and oxygen atoms in total. The van der Waals surface area contributed by atoms with E-state index in [1.54, 1.807) is 7.05 Å². The molecule has 0 amide bonds. The van der Waals surface area contributed by atoms with Gasteiger partial charge in [0.2, 0.25) is 0 Å². The van der Waals surface area contributed by atoms with Gasteiger partial charge < -0.3 is 14.4 Å². The molecule has 1 atom stereocenters. The fourth-order valence-corrected chi connectivity index (χ4v) is 2.70. The number of carbonyl (C=O) groups excluding carboxylic acids is 1. The molecule has 0 N–H and O–H groups in total. The number of nitrogens with zero attached hydrogens (tertiary/aromatic N) is 3. The van der Waals surface area contributed by atoms with Crippen molar-refractivity contribution in [3.05, 3.63) is 50.6 Å². The summed E-state index contributed by atoms with van der Waals surface area (Å²) in [5.74, 6) is -0.135. The summed E-state index contributed by atoms with van der Waals surface area (Å²) in [6.07, 6.45) is 0.483. The molecule has 10 heteroatoms. The third-order valence-electron chi connectivity index (χ3n) is 3.46. The minimum absolute atomic E-state index is 0.155. The number of esters is 1. The summed E-state index contributed by atoms with van der Waals surface area (Å²) in [4.78, 5) is 27.9. The highest BCUT2D eigenvalue weighted by Gasteiger charge is 2.23. The SMILES string of the molecule is COC(=O)C(C)Oc1ccc(N(C)c2ncc(Cl)cc2Cl)c([N+](=O)[O-])c1. The zero-order valence-corrected chi connectivity index (χ0v) is 15.6. The van der Waals surface area contributed by atoms with E-state index in [1.807, 2.05) is 0 Å².